The van der Waals surface area contributed by atoms with E-state index in [0.717, 1.165) is 25.6 Å². The van der Waals surface area contributed by atoms with Gasteiger partial charge in [0.2, 0.25) is 0 Å². The number of anilines is 1. The summed E-state index contributed by atoms with van der Waals surface area (Å²) in [5.41, 5.74) is 3.31. The minimum Gasteiger partial charge on any atom is -0.321 e. The zero-order valence-corrected chi connectivity index (χ0v) is 20.1. The third kappa shape index (κ3) is 5.74. The molecule has 150 valence electrons. The smallest absolute Gasteiger partial charge is 0.266 e. The quantitative estimate of drug-likeness (QED) is 0.255. The van der Waals surface area contributed by atoms with Crippen LogP contribution in [0.1, 0.15) is 16.7 Å². The zero-order chi connectivity index (χ0) is 21.7. The summed E-state index contributed by atoms with van der Waals surface area (Å²) in [5.74, 6) is -0.525. The first-order chi connectivity index (χ1) is 14.4. The highest BCUT2D eigenvalue weighted by Gasteiger charge is 2.13. The Bertz CT molecular complexity index is 1190. The van der Waals surface area contributed by atoms with Crippen LogP contribution >= 0.6 is 55.1 Å². The molecular weight excluding hydrogens is 551 g/mol. The molecule has 0 fully saturated rings. The highest BCUT2D eigenvalue weighted by Crippen LogP contribution is 2.27. The standard InChI is InChI=1S/C23H14Br2Cl2N2O/c24-18-6-5-14(9-15-3-1-2-4-20(15)25)16(11-18)10-17(13-28)23(30)29-19-7-8-21(26)22(27)12-19/h1-8,10-12H,9H2,(H,29,30)/b17-10+. The molecule has 0 radical (unpaired) electrons. The van der Waals surface area contributed by atoms with Gasteiger partial charge in [0.25, 0.3) is 5.91 Å². The Kier molecular flexibility index (Phi) is 7.74. The van der Waals surface area contributed by atoms with Crippen molar-refractivity contribution in [2.75, 3.05) is 5.32 Å². The van der Waals surface area contributed by atoms with Crippen LogP contribution in [0.3, 0.4) is 0 Å². The van der Waals surface area contributed by atoms with Crippen LogP contribution in [0.15, 0.2) is 75.2 Å². The van der Waals surface area contributed by atoms with Crippen molar-refractivity contribution >= 4 is 72.7 Å². The lowest BCUT2D eigenvalue weighted by atomic mass is 9.98. The lowest BCUT2D eigenvalue weighted by Crippen LogP contribution is -2.13. The van der Waals surface area contributed by atoms with Gasteiger partial charge in [0, 0.05) is 14.6 Å². The van der Waals surface area contributed by atoms with Gasteiger partial charge in [-0.2, -0.15) is 5.26 Å². The number of benzene rings is 3. The van der Waals surface area contributed by atoms with Crippen LogP contribution in [0.25, 0.3) is 6.08 Å². The molecular formula is C23H14Br2Cl2N2O. The number of hydrogen-bond acceptors (Lipinski definition) is 2. The number of rotatable bonds is 5. The van der Waals surface area contributed by atoms with Gasteiger partial charge in [0.1, 0.15) is 11.6 Å². The van der Waals surface area contributed by atoms with Gasteiger partial charge in [-0.05, 0) is 65.6 Å². The molecule has 0 unspecified atom stereocenters. The van der Waals surface area contributed by atoms with Crippen molar-refractivity contribution in [2.45, 2.75) is 6.42 Å². The van der Waals surface area contributed by atoms with Crippen molar-refractivity contribution < 1.29 is 4.79 Å². The largest absolute Gasteiger partial charge is 0.321 e. The van der Waals surface area contributed by atoms with Crippen LogP contribution in [-0.2, 0) is 11.2 Å². The van der Waals surface area contributed by atoms with E-state index in [1.165, 1.54) is 6.07 Å². The average Bonchev–Trinajstić information content (AvgIpc) is 2.72. The number of amides is 1. The van der Waals surface area contributed by atoms with E-state index in [1.54, 1.807) is 18.2 Å². The van der Waals surface area contributed by atoms with Crippen molar-refractivity contribution in [3.8, 4) is 6.07 Å². The molecule has 0 aliphatic carbocycles. The molecule has 1 N–H and O–H groups in total. The normalized spacial score (nSPS) is 11.1. The molecule has 3 nitrogen and oxygen atoms in total. The second-order valence-electron chi connectivity index (χ2n) is 6.36. The maximum absolute atomic E-state index is 12.7. The average molecular weight is 565 g/mol. The van der Waals surface area contributed by atoms with Crippen molar-refractivity contribution in [3.05, 3.63) is 102 Å². The molecule has 7 heteroatoms. The summed E-state index contributed by atoms with van der Waals surface area (Å²) in [7, 11) is 0. The highest BCUT2D eigenvalue weighted by molar-refractivity contribution is 9.10. The van der Waals surface area contributed by atoms with Crippen LogP contribution in [0.5, 0.6) is 0 Å². The maximum atomic E-state index is 12.7. The van der Waals surface area contributed by atoms with Gasteiger partial charge < -0.3 is 5.32 Å². The molecule has 3 aromatic carbocycles. The second-order valence-corrected chi connectivity index (χ2v) is 8.95. The molecule has 0 heterocycles. The second kappa shape index (κ2) is 10.3. The molecule has 0 spiro atoms. The van der Waals surface area contributed by atoms with Crippen LogP contribution < -0.4 is 5.32 Å². The fraction of sp³-hybridized carbons (Fsp3) is 0.0435. The lowest BCUT2D eigenvalue weighted by molar-refractivity contribution is -0.112. The summed E-state index contributed by atoms with van der Waals surface area (Å²) in [6.07, 6.45) is 2.23. The van der Waals surface area contributed by atoms with E-state index in [1.807, 2.05) is 48.5 Å². The van der Waals surface area contributed by atoms with Crippen molar-refractivity contribution in [1.82, 2.24) is 0 Å². The third-order valence-corrected chi connectivity index (χ3v) is 6.29. The van der Waals surface area contributed by atoms with Crippen LogP contribution in [0.4, 0.5) is 5.69 Å². The Balaban J connectivity index is 1.92. The number of halogens is 4. The van der Waals surface area contributed by atoms with Crippen molar-refractivity contribution in [3.63, 3.8) is 0 Å². The molecule has 3 aromatic rings. The first-order valence-electron chi connectivity index (χ1n) is 8.77. The molecule has 0 bridgehead atoms. The number of carbonyl (C=O) groups is 1. The Morgan fingerprint density at radius 2 is 1.77 bits per heavy atom. The Labute approximate surface area is 201 Å². The van der Waals surface area contributed by atoms with E-state index in [0.29, 0.717) is 22.2 Å². The molecule has 0 aliphatic rings. The van der Waals surface area contributed by atoms with Crippen molar-refractivity contribution in [1.29, 1.82) is 5.26 Å². The van der Waals surface area contributed by atoms with Gasteiger partial charge in [0.05, 0.1) is 10.0 Å². The van der Waals surface area contributed by atoms with Crippen LogP contribution in [-0.4, -0.2) is 5.91 Å². The minimum atomic E-state index is -0.525. The maximum Gasteiger partial charge on any atom is 0.266 e. The predicted octanol–water partition coefficient (Wildman–Crippen LogP) is 7.65. The minimum absolute atomic E-state index is 0.0208. The van der Waals surface area contributed by atoms with E-state index in [4.69, 9.17) is 23.2 Å². The fourth-order valence-electron chi connectivity index (χ4n) is 2.78. The SMILES string of the molecule is N#C/C(=C\c1cc(Br)ccc1Cc1ccccc1Br)C(=O)Nc1ccc(Cl)c(Cl)c1. The summed E-state index contributed by atoms with van der Waals surface area (Å²) in [6, 6.07) is 20.5. The molecule has 1 amide bonds. The number of nitriles is 1. The predicted molar refractivity (Wildman–Crippen MR) is 130 cm³/mol. The Hall–Kier alpha value is -2.10. The molecule has 0 aliphatic heterocycles. The first kappa shape index (κ1) is 22.6. The van der Waals surface area contributed by atoms with Gasteiger partial charge in [-0.15, -0.1) is 0 Å². The summed E-state index contributed by atoms with van der Waals surface area (Å²) in [6.45, 7) is 0. The monoisotopic (exact) mass is 562 g/mol. The molecule has 0 saturated carbocycles. The van der Waals surface area contributed by atoms with E-state index >= 15 is 0 Å². The first-order valence-corrected chi connectivity index (χ1v) is 11.1. The van der Waals surface area contributed by atoms with E-state index < -0.39 is 5.91 Å². The lowest BCUT2D eigenvalue weighted by Gasteiger charge is -2.10. The number of nitrogens with one attached hydrogen (secondary N) is 1. The van der Waals surface area contributed by atoms with Gasteiger partial charge in [-0.3, -0.25) is 4.79 Å². The van der Waals surface area contributed by atoms with Crippen LogP contribution in [0.2, 0.25) is 10.0 Å². The topological polar surface area (TPSA) is 52.9 Å². The number of hydrogen-bond donors (Lipinski definition) is 1. The molecule has 30 heavy (non-hydrogen) atoms. The molecule has 0 saturated heterocycles. The number of nitrogens with zero attached hydrogens (tertiary/aromatic N) is 1. The number of carbonyl (C=O) groups excluding carboxylic acids is 1. The van der Waals surface area contributed by atoms with Gasteiger partial charge >= 0.3 is 0 Å². The summed E-state index contributed by atoms with van der Waals surface area (Å²) < 4.78 is 1.85. The molecule has 0 aromatic heterocycles. The van der Waals surface area contributed by atoms with E-state index in [9.17, 15) is 10.1 Å². The molecule has 3 rings (SSSR count). The fourth-order valence-corrected chi connectivity index (χ4v) is 3.89. The van der Waals surface area contributed by atoms with Gasteiger partial charge in [-0.25, -0.2) is 0 Å². The van der Waals surface area contributed by atoms with E-state index in [-0.39, 0.29) is 5.57 Å². The van der Waals surface area contributed by atoms with Gasteiger partial charge in [0.15, 0.2) is 0 Å². The van der Waals surface area contributed by atoms with Crippen molar-refractivity contribution in [2.24, 2.45) is 0 Å². The zero-order valence-electron chi connectivity index (χ0n) is 15.4. The summed E-state index contributed by atoms with van der Waals surface area (Å²) in [5, 5.41) is 13.0. The van der Waals surface area contributed by atoms with Crippen LogP contribution in [0, 0.1) is 11.3 Å². The summed E-state index contributed by atoms with van der Waals surface area (Å²) >= 11 is 18.9. The molecule has 0 atom stereocenters. The Morgan fingerprint density at radius 3 is 2.47 bits per heavy atom. The third-order valence-electron chi connectivity index (χ3n) is 4.29. The highest BCUT2D eigenvalue weighted by atomic mass is 79.9. The van der Waals surface area contributed by atoms with E-state index in [2.05, 4.69) is 37.2 Å². The Morgan fingerprint density at radius 1 is 1.00 bits per heavy atom. The summed E-state index contributed by atoms with van der Waals surface area (Å²) in [4.78, 5) is 12.7. The van der Waals surface area contributed by atoms with Gasteiger partial charge in [-0.1, -0.05) is 79.3 Å².